The molecule has 5 heteroatoms. The minimum Gasteiger partial charge on any atom is -0.486 e. The number of aromatic nitrogens is 1. The van der Waals surface area contributed by atoms with Crippen LogP contribution in [0.25, 0.3) is 0 Å². The maximum Gasteiger partial charge on any atom is 0.226 e. The van der Waals surface area contributed by atoms with Gasteiger partial charge in [-0.1, -0.05) is 50.8 Å². The lowest BCUT2D eigenvalue weighted by molar-refractivity contribution is -0.120. The van der Waals surface area contributed by atoms with E-state index in [2.05, 4.69) is 31.1 Å². The Labute approximate surface area is 161 Å². The molecule has 1 aromatic heterocycles. The number of nitrogens with one attached hydrogen (secondary N) is 1. The molecule has 4 nitrogen and oxygen atoms in total. The van der Waals surface area contributed by atoms with Crippen LogP contribution in [-0.4, -0.2) is 17.4 Å². The number of ether oxygens (including phenoxy) is 1. The Morgan fingerprint density at radius 2 is 2.04 bits per heavy atom. The van der Waals surface area contributed by atoms with Gasteiger partial charge in [-0.15, -0.1) is 11.3 Å². The van der Waals surface area contributed by atoms with Crippen LogP contribution in [-0.2, 0) is 17.8 Å². The van der Waals surface area contributed by atoms with Gasteiger partial charge in [0.25, 0.3) is 0 Å². The van der Waals surface area contributed by atoms with E-state index >= 15 is 0 Å². The topological polar surface area (TPSA) is 51.2 Å². The van der Waals surface area contributed by atoms with Gasteiger partial charge >= 0.3 is 0 Å². The fraction of sp³-hybridized carbons (Fsp3) is 0.524. The monoisotopic (exact) mass is 374 g/mol. The van der Waals surface area contributed by atoms with E-state index < -0.39 is 0 Å². The predicted molar refractivity (Wildman–Crippen MR) is 108 cm³/mol. The molecule has 0 saturated carbocycles. The van der Waals surface area contributed by atoms with Crippen molar-refractivity contribution in [3.63, 3.8) is 0 Å². The van der Waals surface area contributed by atoms with Crippen molar-refractivity contribution in [2.24, 2.45) is 5.92 Å². The highest BCUT2D eigenvalue weighted by atomic mass is 32.1. The normalized spacial score (nSPS) is 12.0. The number of hydrogen-bond donors (Lipinski definition) is 1. The van der Waals surface area contributed by atoms with Gasteiger partial charge in [0.1, 0.15) is 17.4 Å². The van der Waals surface area contributed by atoms with E-state index in [9.17, 15) is 4.79 Å². The smallest absolute Gasteiger partial charge is 0.226 e. The van der Waals surface area contributed by atoms with Crippen LogP contribution in [0.15, 0.2) is 29.6 Å². The standard InChI is InChI=1S/C21H30N2O2S/c1-4-6-7-17(5-2)13-22-20(24)12-18-15-26-21(23-18)14-25-19-10-8-16(3)9-11-19/h8-11,15,17H,4-7,12-14H2,1-3H3,(H,22,24). The summed E-state index contributed by atoms with van der Waals surface area (Å²) in [4.78, 5) is 16.7. The summed E-state index contributed by atoms with van der Waals surface area (Å²) in [5.41, 5.74) is 2.02. The van der Waals surface area contributed by atoms with Crippen LogP contribution in [0.3, 0.4) is 0 Å². The zero-order valence-electron chi connectivity index (χ0n) is 16.1. The number of thiazole rings is 1. The van der Waals surface area contributed by atoms with Crippen molar-refractivity contribution in [1.82, 2.24) is 10.3 Å². The average molecular weight is 375 g/mol. The number of rotatable bonds is 11. The van der Waals surface area contributed by atoms with Gasteiger partial charge in [0.05, 0.1) is 12.1 Å². The first-order valence-electron chi connectivity index (χ1n) is 9.50. The first-order valence-corrected chi connectivity index (χ1v) is 10.4. The summed E-state index contributed by atoms with van der Waals surface area (Å²) < 4.78 is 5.74. The predicted octanol–water partition coefficient (Wildman–Crippen LogP) is 4.91. The van der Waals surface area contributed by atoms with Crippen LogP contribution in [0, 0.1) is 12.8 Å². The minimum atomic E-state index is 0.0521. The maximum absolute atomic E-state index is 12.1. The van der Waals surface area contributed by atoms with Gasteiger partial charge < -0.3 is 10.1 Å². The van der Waals surface area contributed by atoms with Crippen molar-refractivity contribution in [3.8, 4) is 5.75 Å². The molecule has 1 N–H and O–H groups in total. The molecular formula is C21H30N2O2S. The molecule has 0 saturated heterocycles. The van der Waals surface area contributed by atoms with Gasteiger partial charge in [-0.05, 0) is 31.4 Å². The number of aryl methyl sites for hydroxylation is 1. The number of amides is 1. The quantitative estimate of drug-likeness (QED) is 0.608. The molecular weight excluding hydrogens is 344 g/mol. The fourth-order valence-corrected chi connectivity index (χ4v) is 3.41. The Kier molecular flexibility index (Phi) is 8.62. The first-order chi connectivity index (χ1) is 12.6. The van der Waals surface area contributed by atoms with E-state index in [0.29, 0.717) is 18.9 Å². The largest absolute Gasteiger partial charge is 0.486 e. The zero-order valence-corrected chi connectivity index (χ0v) is 16.9. The van der Waals surface area contributed by atoms with E-state index in [-0.39, 0.29) is 5.91 Å². The number of hydrogen-bond acceptors (Lipinski definition) is 4. The first kappa shape index (κ1) is 20.4. The second kappa shape index (κ2) is 11.0. The van der Waals surface area contributed by atoms with Gasteiger partial charge in [-0.2, -0.15) is 0 Å². The Bertz CT molecular complexity index is 667. The summed E-state index contributed by atoms with van der Waals surface area (Å²) >= 11 is 1.54. The molecule has 0 aliphatic rings. The molecule has 0 bridgehead atoms. The van der Waals surface area contributed by atoms with E-state index in [4.69, 9.17) is 4.74 Å². The van der Waals surface area contributed by atoms with E-state index in [1.807, 2.05) is 29.6 Å². The third-order valence-corrected chi connectivity index (χ3v) is 5.33. The lowest BCUT2D eigenvalue weighted by atomic mass is 9.99. The molecule has 1 heterocycles. The third kappa shape index (κ3) is 7.16. The summed E-state index contributed by atoms with van der Waals surface area (Å²) in [6.45, 7) is 7.64. The Hall–Kier alpha value is -1.88. The molecule has 1 atom stereocenters. The highest BCUT2D eigenvalue weighted by Gasteiger charge is 2.11. The number of nitrogens with zero attached hydrogens (tertiary/aromatic N) is 1. The van der Waals surface area contributed by atoms with Gasteiger partial charge in [0, 0.05) is 11.9 Å². The van der Waals surface area contributed by atoms with E-state index in [1.165, 1.54) is 36.2 Å². The third-order valence-electron chi connectivity index (χ3n) is 4.46. The molecule has 0 spiro atoms. The number of carbonyl (C=O) groups is 1. The Balaban J connectivity index is 1.74. The van der Waals surface area contributed by atoms with Crippen molar-refractivity contribution >= 4 is 17.2 Å². The molecule has 0 fully saturated rings. The van der Waals surface area contributed by atoms with Crippen LogP contribution in [0.2, 0.25) is 0 Å². The van der Waals surface area contributed by atoms with E-state index in [1.54, 1.807) is 0 Å². The Morgan fingerprint density at radius 1 is 1.27 bits per heavy atom. The molecule has 1 amide bonds. The van der Waals surface area contributed by atoms with E-state index in [0.717, 1.165) is 29.4 Å². The summed E-state index contributed by atoms with van der Waals surface area (Å²) in [7, 11) is 0. The van der Waals surface area contributed by atoms with Crippen LogP contribution in [0.4, 0.5) is 0 Å². The van der Waals surface area contributed by atoms with Crippen LogP contribution in [0.5, 0.6) is 5.75 Å². The minimum absolute atomic E-state index is 0.0521. The molecule has 1 aromatic carbocycles. The average Bonchev–Trinajstić information content (AvgIpc) is 3.08. The highest BCUT2D eigenvalue weighted by Crippen LogP contribution is 2.16. The molecule has 0 aliphatic carbocycles. The second-order valence-electron chi connectivity index (χ2n) is 6.73. The molecule has 1 unspecified atom stereocenters. The second-order valence-corrected chi connectivity index (χ2v) is 7.67. The maximum atomic E-state index is 12.1. The molecule has 0 radical (unpaired) electrons. The molecule has 2 aromatic rings. The summed E-state index contributed by atoms with van der Waals surface area (Å²) in [6, 6.07) is 7.97. The van der Waals surface area contributed by atoms with Gasteiger partial charge in [0.2, 0.25) is 5.91 Å². The molecule has 0 aliphatic heterocycles. The van der Waals surface area contributed by atoms with Crippen LogP contribution < -0.4 is 10.1 Å². The zero-order chi connectivity index (χ0) is 18.8. The van der Waals surface area contributed by atoms with Crippen molar-refractivity contribution in [2.75, 3.05) is 6.54 Å². The Morgan fingerprint density at radius 3 is 2.73 bits per heavy atom. The SMILES string of the molecule is CCCCC(CC)CNC(=O)Cc1csc(COc2ccc(C)cc2)n1. The number of carbonyl (C=O) groups excluding carboxylic acids is 1. The summed E-state index contributed by atoms with van der Waals surface area (Å²) in [5, 5.41) is 5.90. The number of benzene rings is 1. The van der Waals surface area contributed by atoms with Gasteiger partial charge in [-0.25, -0.2) is 4.98 Å². The van der Waals surface area contributed by atoms with Crippen LogP contribution in [0.1, 0.15) is 55.8 Å². The van der Waals surface area contributed by atoms with Crippen LogP contribution >= 0.6 is 11.3 Å². The molecule has 26 heavy (non-hydrogen) atoms. The molecule has 2 rings (SSSR count). The highest BCUT2D eigenvalue weighted by molar-refractivity contribution is 7.09. The number of unbranched alkanes of at least 4 members (excludes halogenated alkanes) is 1. The van der Waals surface area contributed by atoms with Crippen molar-refractivity contribution in [2.45, 2.75) is 59.5 Å². The van der Waals surface area contributed by atoms with Crippen molar-refractivity contribution in [1.29, 1.82) is 0 Å². The summed E-state index contributed by atoms with van der Waals surface area (Å²) in [6.07, 6.45) is 5.06. The summed E-state index contributed by atoms with van der Waals surface area (Å²) in [5.74, 6) is 1.46. The van der Waals surface area contributed by atoms with Gasteiger partial charge in [-0.3, -0.25) is 4.79 Å². The lowest BCUT2D eigenvalue weighted by Gasteiger charge is -2.14. The van der Waals surface area contributed by atoms with Gasteiger partial charge in [0.15, 0.2) is 0 Å². The fourth-order valence-electron chi connectivity index (χ4n) is 2.70. The lowest BCUT2D eigenvalue weighted by Crippen LogP contribution is -2.30. The van der Waals surface area contributed by atoms with Crippen molar-refractivity contribution < 1.29 is 9.53 Å². The van der Waals surface area contributed by atoms with Crippen molar-refractivity contribution in [3.05, 3.63) is 45.9 Å². The molecule has 142 valence electrons.